The van der Waals surface area contributed by atoms with Crippen LogP contribution in [0.15, 0.2) is 24.3 Å². The minimum atomic E-state index is -1.33. The van der Waals surface area contributed by atoms with Crippen molar-refractivity contribution in [2.75, 3.05) is 5.32 Å². The summed E-state index contributed by atoms with van der Waals surface area (Å²) in [4.78, 5) is 29.3. The zero-order chi connectivity index (χ0) is 21.4. The molecule has 158 valence electrons. The molecule has 0 aliphatic rings. The van der Waals surface area contributed by atoms with E-state index in [1.165, 1.54) is 11.3 Å². The maximum absolute atomic E-state index is 12.8. The largest absolute Gasteiger partial charge is 0.451 e. The maximum atomic E-state index is 12.8. The number of unbranched alkanes of at least 4 members (excludes halogenated alkanes) is 2. The topological polar surface area (TPSA) is 121 Å². The molecule has 2 aromatic rings. The molecule has 2 amide bonds. The van der Waals surface area contributed by atoms with Gasteiger partial charge in [-0.3, -0.25) is 4.79 Å². The fourth-order valence-electron chi connectivity index (χ4n) is 2.69. The molecule has 1 aromatic heterocycles. The van der Waals surface area contributed by atoms with E-state index < -0.39 is 24.9 Å². The number of ether oxygens (including phenoxy) is 1. The zero-order valence-corrected chi connectivity index (χ0v) is 17.8. The number of benzene rings is 1. The highest BCUT2D eigenvalue weighted by atomic mass is 32.1. The van der Waals surface area contributed by atoms with E-state index in [1.807, 2.05) is 24.3 Å². The Balaban J connectivity index is 1.99. The van der Waals surface area contributed by atoms with E-state index in [-0.39, 0.29) is 12.2 Å². The third-order valence-electron chi connectivity index (χ3n) is 3.99. The fourth-order valence-corrected chi connectivity index (χ4v) is 3.56. The maximum Gasteiger partial charge on any atom is 0.451 e. The van der Waals surface area contributed by atoms with Crippen molar-refractivity contribution < 1.29 is 24.4 Å². The van der Waals surface area contributed by atoms with Gasteiger partial charge in [-0.05, 0) is 45.6 Å². The summed E-state index contributed by atoms with van der Waals surface area (Å²) in [6, 6.07) is 6.80. The number of nitrogens with one attached hydrogen (secondary N) is 2. The van der Waals surface area contributed by atoms with Gasteiger partial charge in [0.2, 0.25) is 5.91 Å². The molecule has 0 bridgehead atoms. The summed E-state index contributed by atoms with van der Waals surface area (Å²) in [5.41, 5.74) is 0.127. The molecule has 0 aliphatic heterocycles. The molecule has 4 N–H and O–H groups in total. The van der Waals surface area contributed by atoms with Crippen LogP contribution in [0.3, 0.4) is 0 Å². The number of amides is 2. The molecule has 1 aromatic carbocycles. The Morgan fingerprint density at radius 1 is 1.21 bits per heavy atom. The van der Waals surface area contributed by atoms with Gasteiger partial charge in [-0.1, -0.05) is 42.7 Å². The van der Waals surface area contributed by atoms with Crippen LogP contribution >= 0.6 is 11.3 Å². The molecule has 0 aliphatic carbocycles. The van der Waals surface area contributed by atoms with Gasteiger partial charge < -0.3 is 25.4 Å². The van der Waals surface area contributed by atoms with Crippen LogP contribution < -0.4 is 10.6 Å². The Bertz CT molecular complexity index is 789. The van der Waals surface area contributed by atoms with Gasteiger partial charge in [-0.15, -0.1) is 0 Å². The highest BCUT2D eigenvalue weighted by Gasteiger charge is 2.25. The second-order valence-electron chi connectivity index (χ2n) is 7.79. The van der Waals surface area contributed by atoms with Gasteiger partial charge >= 0.3 is 13.2 Å². The van der Waals surface area contributed by atoms with Gasteiger partial charge in [0.25, 0.3) is 0 Å². The normalized spacial score (nSPS) is 12.4. The van der Waals surface area contributed by atoms with Crippen molar-refractivity contribution in [3.63, 3.8) is 0 Å². The Hall–Kier alpha value is -2.17. The lowest BCUT2D eigenvalue weighted by Gasteiger charge is -2.23. The number of aromatic nitrogens is 1. The first-order chi connectivity index (χ1) is 13.6. The number of carbonyl (C=O) groups excluding carboxylic acids is 2. The Morgan fingerprint density at radius 3 is 2.59 bits per heavy atom. The van der Waals surface area contributed by atoms with Crippen molar-refractivity contribution in [1.29, 1.82) is 0 Å². The summed E-state index contributed by atoms with van der Waals surface area (Å²) in [6.45, 7) is 5.26. The summed E-state index contributed by atoms with van der Waals surface area (Å²) in [6.07, 6.45) is 1.99. The number of hydrogen-bond donors (Lipinski definition) is 4. The number of alkyl carbamates (subject to hydrolysis) is 1. The minimum Gasteiger partial charge on any atom is -0.444 e. The van der Waals surface area contributed by atoms with Crippen molar-refractivity contribution in [3.05, 3.63) is 24.3 Å². The molecule has 1 heterocycles. The second-order valence-corrected chi connectivity index (χ2v) is 8.82. The SMILES string of the molecule is CC(C)(C)OC(=O)NC(CCCCCB(O)O)C(=O)Nc1nc2ccccc2s1. The van der Waals surface area contributed by atoms with Gasteiger partial charge in [-0.2, -0.15) is 0 Å². The number of rotatable bonds is 9. The van der Waals surface area contributed by atoms with Crippen molar-refractivity contribution >= 4 is 45.8 Å². The molecule has 10 heteroatoms. The predicted octanol–water partition coefficient (Wildman–Crippen LogP) is 3.16. The fraction of sp³-hybridized carbons (Fsp3) is 0.526. The van der Waals surface area contributed by atoms with Crippen molar-refractivity contribution in [1.82, 2.24) is 10.3 Å². The first kappa shape index (κ1) is 23.1. The second kappa shape index (κ2) is 10.6. The predicted molar refractivity (Wildman–Crippen MR) is 115 cm³/mol. The minimum absolute atomic E-state index is 0.280. The van der Waals surface area contributed by atoms with E-state index in [1.54, 1.807) is 20.8 Å². The Kier molecular flexibility index (Phi) is 8.42. The van der Waals surface area contributed by atoms with Crippen LogP contribution in [-0.2, 0) is 9.53 Å². The lowest BCUT2D eigenvalue weighted by molar-refractivity contribution is -0.118. The summed E-state index contributed by atoms with van der Waals surface area (Å²) in [5, 5.41) is 23.7. The number of nitrogens with zero attached hydrogens (tertiary/aromatic N) is 1. The van der Waals surface area contributed by atoms with E-state index in [2.05, 4.69) is 15.6 Å². The molecule has 0 saturated carbocycles. The van der Waals surface area contributed by atoms with Crippen LogP contribution in [0.25, 0.3) is 10.2 Å². The van der Waals surface area contributed by atoms with Crippen molar-refractivity contribution in [2.45, 2.75) is 64.4 Å². The van der Waals surface area contributed by atoms with E-state index in [4.69, 9.17) is 14.8 Å². The van der Waals surface area contributed by atoms with Gasteiger partial charge in [0, 0.05) is 0 Å². The van der Waals surface area contributed by atoms with Gasteiger partial charge in [0.15, 0.2) is 5.13 Å². The highest BCUT2D eigenvalue weighted by molar-refractivity contribution is 7.22. The van der Waals surface area contributed by atoms with Crippen LogP contribution in [0.1, 0.15) is 46.5 Å². The molecular formula is C19H28BN3O5S. The van der Waals surface area contributed by atoms with Crippen LogP contribution in [0.2, 0.25) is 6.32 Å². The van der Waals surface area contributed by atoms with E-state index in [9.17, 15) is 9.59 Å². The molecule has 2 rings (SSSR count). The van der Waals surface area contributed by atoms with Gasteiger partial charge in [-0.25, -0.2) is 9.78 Å². The number of fused-ring (bicyclic) bond motifs is 1. The molecule has 29 heavy (non-hydrogen) atoms. The standard InChI is InChI=1S/C19H28BN3O5S/c1-19(2,3)28-18(25)22-14(10-5-4-8-12-20(26)27)16(24)23-17-21-13-9-6-7-11-15(13)29-17/h6-7,9,11,14,26-27H,4-5,8,10,12H2,1-3H3,(H,22,25)(H,21,23,24). The summed E-state index contributed by atoms with van der Waals surface area (Å²) >= 11 is 1.36. The first-order valence-corrected chi connectivity index (χ1v) is 10.5. The van der Waals surface area contributed by atoms with Crippen LogP contribution in [0, 0.1) is 0 Å². The Labute approximate surface area is 174 Å². The van der Waals surface area contributed by atoms with Crippen molar-refractivity contribution in [3.8, 4) is 0 Å². The average molecular weight is 421 g/mol. The molecule has 1 atom stereocenters. The molecule has 1 unspecified atom stereocenters. The number of anilines is 1. The smallest absolute Gasteiger partial charge is 0.444 e. The quantitative estimate of drug-likeness (QED) is 0.365. The van der Waals surface area contributed by atoms with Gasteiger partial charge in [0.05, 0.1) is 10.2 Å². The first-order valence-electron chi connectivity index (χ1n) is 9.66. The van der Waals surface area contributed by atoms with E-state index >= 15 is 0 Å². The summed E-state index contributed by atoms with van der Waals surface area (Å²) in [5.74, 6) is -0.364. The third kappa shape index (κ3) is 8.39. The van der Waals surface area contributed by atoms with E-state index in [0.717, 1.165) is 10.2 Å². The van der Waals surface area contributed by atoms with E-state index in [0.29, 0.717) is 30.8 Å². The summed E-state index contributed by atoms with van der Waals surface area (Å²) in [7, 11) is -1.33. The number of thiazole rings is 1. The highest BCUT2D eigenvalue weighted by Crippen LogP contribution is 2.25. The van der Waals surface area contributed by atoms with Crippen molar-refractivity contribution in [2.24, 2.45) is 0 Å². The lowest BCUT2D eigenvalue weighted by Crippen LogP contribution is -2.45. The number of para-hydroxylation sites is 1. The number of hydrogen-bond acceptors (Lipinski definition) is 7. The average Bonchev–Trinajstić information content (AvgIpc) is 3.00. The molecular weight excluding hydrogens is 393 g/mol. The third-order valence-corrected chi connectivity index (χ3v) is 4.94. The Morgan fingerprint density at radius 2 is 1.93 bits per heavy atom. The van der Waals surface area contributed by atoms with Crippen LogP contribution in [0.5, 0.6) is 0 Å². The summed E-state index contributed by atoms with van der Waals surface area (Å²) < 4.78 is 6.23. The molecule has 0 saturated heterocycles. The lowest BCUT2D eigenvalue weighted by atomic mass is 9.83. The molecule has 0 spiro atoms. The molecule has 0 radical (unpaired) electrons. The molecule has 8 nitrogen and oxygen atoms in total. The monoisotopic (exact) mass is 421 g/mol. The number of carbonyl (C=O) groups is 2. The zero-order valence-electron chi connectivity index (χ0n) is 17.0. The van der Waals surface area contributed by atoms with Crippen LogP contribution in [-0.4, -0.2) is 45.8 Å². The van der Waals surface area contributed by atoms with Crippen LogP contribution in [0.4, 0.5) is 9.93 Å². The van der Waals surface area contributed by atoms with Gasteiger partial charge in [0.1, 0.15) is 11.6 Å². The molecule has 0 fully saturated rings.